The number of amides is 2. The highest BCUT2D eigenvalue weighted by Crippen LogP contribution is 2.29. The van der Waals surface area contributed by atoms with E-state index in [9.17, 15) is 18.0 Å². The molecule has 0 unspecified atom stereocenters. The molecule has 0 radical (unpaired) electrons. The molecule has 8 nitrogen and oxygen atoms in total. The molecule has 3 N–H and O–H groups in total. The zero-order chi connectivity index (χ0) is 22.1. The molecule has 0 bridgehead atoms. The number of carbonyl (C=O) groups is 2. The number of carbonyl (C=O) groups excluding carboxylic acids is 2. The smallest absolute Gasteiger partial charge is 0.264 e. The van der Waals surface area contributed by atoms with Crippen molar-refractivity contribution >= 4 is 45.0 Å². The van der Waals surface area contributed by atoms with Crippen molar-refractivity contribution in [2.24, 2.45) is 5.41 Å². The number of hydrogen-bond donors (Lipinski definition) is 3. The van der Waals surface area contributed by atoms with E-state index in [-0.39, 0.29) is 38.7 Å². The SMILES string of the molecule is CC1(C)CNCC[C@H]1NC(=O)C[C@@H]1C(=O)NC=CN1S(=O)(=O)c1ccc(Cl)c(Cl)c1. The first-order valence-electron chi connectivity index (χ1n) is 9.48. The Hall–Kier alpha value is -1.81. The van der Waals surface area contributed by atoms with Crippen LogP contribution in [0.1, 0.15) is 26.7 Å². The summed E-state index contributed by atoms with van der Waals surface area (Å²) in [5, 5.41) is 9.00. The molecule has 1 aromatic rings. The Morgan fingerprint density at radius 2 is 2.03 bits per heavy atom. The van der Waals surface area contributed by atoms with E-state index in [1.54, 1.807) is 0 Å². The molecule has 1 fully saturated rings. The van der Waals surface area contributed by atoms with E-state index in [4.69, 9.17) is 23.2 Å². The third-order valence-corrected chi connectivity index (χ3v) is 7.89. The van der Waals surface area contributed by atoms with Gasteiger partial charge in [0.15, 0.2) is 0 Å². The number of nitrogens with zero attached hydrogens (tertiary/aromatic N) is 1. The normalized spacial score (nSPS) is 23.7. The van der Waals surface area contributed by atoms with E-state index in [0.29, 0.717) is 0 Å². The maximum atomic E-state index is 13.1. The largest absolute Gasteiger partial charge is 0.353 e. The van der Waals surface area contributed by atoms with E-state index in [0.717, 1.165) is 23.8 Å². The van der Waals surface area contributed by atoms with Crippen LogP contribution in [0.2, 0.25) is 10.0 Å². The Bertz CT molecular complexity index is 981. The van der Waals surface area contributed by atoms with Crippen LogP contribution in [0.5, 0.6) is 0 Å². The maximum absolute atomic E-state index is 13.1. The van der Waals surface area contributed by atoms with Crippen molar-refractivity contribution in [1.82, 2.24) is 20.3 Å². The summed E-state index contributed by atoms with van der Waals surface area (Å²) in [5.41, 5.74) is -0.158. The Morgan fingerprint density at radius 3 is 2.70 bits per heavy atom. The second-order valence-corrected chi connectivity index (χ2v) is 10.7. The topological polar surface area (TPSA) is 108 Å². The number of rotatable bonds is 5. The molecule has 1 saturated heterocycles. The lowest BCUT2D eigenvalue weighted by Crippen LogP contribution is -2.56. The minimum absolute atomic E-state index is 0.0746. The fourth-order valence-electron chi connectivity index (χ4n) is 3.57. The van der Waals surface area contributed by atoms with Crippen molar-refractivity contribution < 1.29 is 18.0 Å². The van der Waals surface area contributed by atoms with Crippen LogP contribution in [0.4, 0.5) is 0 Å². The van der Waals surface area contributed by atoms with Gasteiger partial charge in [-0.15, -0.1) is 0 Å². The van der Waals surface area contributed by atoms with Crippen molar-refractivity contribution in [3.05, 3.63) is 40.6 Å². The number of nitrogens with one attached hydrogen (secondary N) is 3. The summed E-state index contributed by atoms with van der Waals surface area (Å²) in [4.78, 5) is 25.1. The summed E-state index contributed by atoms with van der Waals surface area (Å²) in [5.74, 6) is -0.972. The van der Waals surface area contributed by atoms with Gasteiger partial charge >= 0.3 is 0 Å². The highest BCUT2D eigenvalue weighted by Gasteiger charge is 2.39. The molecule has 2 heterocycles. The molecular formula is C19H24Cl2N4O4S. The number of halogens is 2. The van der Waals surface area contributed by atoms with Gasteiger partial charge in [-0.25, -0.2) is 8.42 Å². The fraction of sp³-hybridized carbons (Fsp3) is 0.474. The Balaban J connectivity index is 1.81. The summed E-state index contributed by atoms with van der Waals surface area (Å²) < 4.78 is 27.2. The van der Waals surface area contributed by atoms with Gasteiger partial charge in [-0.3, -0.25) is 13.9 Å². The lowest BCUT2D eigenvalue weighted by molar-refractivity contribution is -0.130. The van der Waals surface area contributed by atoms with Gasteiger partial charge in [0.25, 0.3) is 10.0 Å². The lowest BCUT2D eigenvalue weighted by Gasteiger charge is -2.40. The predicted molar refractivity (Wildman–Crippen MR) is 114 cm³/mol. The monoisotopic (exact) mass is 474 g/mol. The fourth-order valence-corrected chi connectivity index (χ4v) is 5.40. The molecule has 2 aliphatic heterocycles. The van der Waals surface area contributed by atoms with Gasteiger partial charge in [-0.05, 0) is 36.6 Å². The molecule has 0 aromatic heterocycles. The standard InChI is InChI=1S/C19H24Cl2N4O4S/c1-19(2)11-22-6-5-16(19)24-17(26)10-15-18(27)23-7-8-25(15)30(28,29)12-3-4-13(20)14(21)9-12/h3-4,7-9,15-16,22H,5-6,10-11H2,1-2H3,(H,23,27)(H,24,26)/t15-,16-/m1/s1. The van der Waals surface area contributed by atoms with Gasteiger partial charge < -0.3 is 16.0 Å². The molecule has 2 amide bonds. The highest BCUT2D eigenvalue weighted by molar-refractivity contribution is 7.89. The second kappa shape index (κ2) is 8.74. The van der Waals surface area contributed by atoms with Gasteiger partial charge in [0.05, 0.1) is 21.4 Å². The van der Waals surface area contributed by atoms with Crippen LogP contribution in [0.25, 0.3) is 0 Å². The lowest BCUT2D eigenvalue weighted by atomic mass is 9.80. The van der Waals surface area contributed by atoms with Crippen molar-refractivity contribution in [3.63, 3.8) is 0 Å². The molecule has 1 aromatic carbocycles. The highest BCUT2D eigenvalue weighted by atomic mass is 35.5. The molecule has 2 aliphatic rings. The van der Waals surface area contributed by atoms with E-state index in [2.05, 4.69) is 16.0 Å². The second-order valence-electron chi connectivity index (χ2n) is 8.03. The van der Waals surface area contributed by atoms with Crippen molar-refractivity contribution in [2.45, 2.75) is 43.7 Å². The predicted octanol–water partition coefficient (Wildman–Crippen LogP) is 1.85. The van der Waals surface area contributed by atoms with Crippen LogP contribution < -0.4 is 16.0 Å². The van der Waals surface area contributed by atoms with Crippen LogP contribution in [-0.2, 0) is 19.6 Å². The average molecular weight is 475 g/mol. The van der Waals surface area contributed by atoms with E-state index < -0.39 is 22.0 Å². The third kappa shape index (κ3) is 4.74. The molecule has 164 valence electrons. The van der Waals surface area contributed by atoms with Gasteiger partial charge in [-0.1, -0.05) is 37.0 Å². The van der Waals surface area contributed by atoms with Crippen LogP contribution in [0, 0.1) is 5.41 Å². The summed E-state index contributed by atoms with van der Waals surface area (Å²) in [6.07, 6.45) is 2.89. The van der Waals surface area contributed by atoms with Crippen molar-refractivity contribution in [3.8, 4) is 0 Å². The Morgan fingerprint density at radius 1 is 1.30 bits per heavy atom. The summed E-state index contributed by atoms with van der Waals surface area (Å²) >= 11 is 11.8. The molecule has 11 heteroatoms. The zero-order valence-corrected chi connectivity index (χ0v) is 18.9. The van der Waals surface area contributed by atoms with Crippen LogP contribution in [0.15, 0.2) is 35.5 Å². The summed E-state index contributed by atoms with van der Waals surface area (Å²) in [6, 6.07) is 2.59. The first-order valence-corrected chi connectivity index (χ1v) is 11.7. The van der Waals surface area contributed by atoms with Crippen LogP contribution >= 0.6 is 23.2 Å². The quantitative estimate of drug-likeness (QED) is 0.603. The van der Waals surface area contributed by atoms with Gasteiger partial charge in [0.2, 0.25) is 11.8 Å². The maximum Gasteiger partial charge on any atom is 0.264 e. The molecule has 0 saturated carbocycles. The Labute approximate surface area is 186 Å². The summed E-state index contributed by atoms with van der Waals surface area (Å²) in [7, 11) is -4.13. The number of sulfonamides is 1. The molecular weight excluding hydrogens is 451 g/mol. The minimum Gasteiger partial charge on any atom is -0.353 e. The van der Waals surface area contributed by atoms with Crippen molar-refractivity contribution in [1.29, 1.82) is 0 Å². The minimum atomic E-state index is -4.13. The van der Waals surface area contributed by atoms with Crippen LogP contribution in [-0.4, -0.2) is 49.7 Å². The van der Waals surface area contributed by atoms with Crippen LogP contribution in [0.3, 0.4) is 0 Å². The zero-order valence-electron chi connectivity index (χ0n) is 16.6. The average Bonchev–Trinajstić information content (AvgIpc) is 2.67. The van der Waals surface area contributed by atoms with Gasteiger partial charge in [-0.2, -0.15) is 0 Å². The molecule has 30 heavy (non-hydrogen) atoms. The van der Waals surface area contributed by atoms with Gasteiger partial charge in [0, 0.05) is 25.0 Å². The summed E-state index contributed by atoms with van der Waals surface area (Å²) in [6.45, 7) is 5.61. The van der Waals surface area contributed by atoms with E-state index >= 15 is 0 Å². The van der Waals surface area contributed by atoms with E-state index in [1.165, 1.54) is 30.6 Å². The number of hydrogen-bond acceptors (Lipinski definition) is 5. The molecule has 3 rings (SSSR count). The number of benzene rings is 1. The first kappa shape index (κ1) is 22.9. The van der Waals surface area contributed by atoms with Crippen molar-refractivity contribution in [2.75, 3.05) is 13.1 Å². The number of piperidine rings is 1. The first-order chi connectivity index (χ1) is 14.0. The third-order valence-electron chi connectivity index (χ3n) is 5.37. The van der Waals surface area contributed by atoms with E-state index in [1.807, 2.05) is 13.8 Å². The Kier molecular flexibility index (Phi) is 6.66. The molecule has 2 atom stereocenters. The molecule has 0 aliphatic carbocycles. The van der Waals surface area contributed by atoms with Gasteiger partial charge in [0.1, 0.15) is 6.04 Å². The molecule has 0 spiro atoms.